The fourth-order valence-electron chi connectivity index (χ4n) is 3.57. The van der Waals surface area contributed by atoms with Crippen LogP contribution in [0.5, 0.6) is 0 Å². The van der Waals surface area contributed by atoms with Gasteiger partial charge in [0.05, 0.1) is 24.8 Å². The molecule has 0 bridgehead atoms. The van der Waals surface area contributed by atoms with Crippen molar-refractivity contribution in [3.63, 3.8) is 0 Å². The summed E-state index contributed by atoms with van der Waals surface area (Å²) in [5.41, 5.74) is 3.83. The van der Waals surface area contributed by atoms with Crippen molar-refractivity contribution in [1.29, 1.82) is 0 Å². The van der Waals surface area contributed by atoms with Crippen LogP contribution in [0.25, 0.3) is 0 Å². The first-order valence-corrected chi connectivity index (χ1v) is 9.54. The highest BCUT2D eigenvalue weighted by Crippen LogP contribution is 2.21. The van der Waals surface area contributed by atoms with E-state index in [0.717, 1.165) is 17.0 Å². The van der Waals surface area contributed by atoms with E-state index in [4.69, 9.17) is 4.74 Å². The summed E-state index contributed by atoms with van der Waals surface area (Å²) in [4.78, 5) is 26.6. The number of aryl methyl sites for hydroxylation is 2. The number of amides is 1. The van der Waals surface area contributed by atoms with Crippen molar-refractivity contribution in [2.45, 2.75) is 40.2 Å². The topological polar surface area (TPSA) is 64.4 Å². The van der Waals surface area contributed by atoms with Gasteiger partial charge in [-0.3, -0.25) is 14.3 Å². The Bertz CT molecular complexity index is 820. The number of carbonyl (C=O) groups is 2. The molecule has 1 aromatic heterocycles. The molecule has 144 valence electrons. The molecule has 0 radical (unpaired) electrons. The van der Waals surface area contributed by atoms with Crippen LogP contribution in [0.2, 0.25) is 0 Å². The van der Waals surface area contributed by atoms with Gasteiger partial charge in [0.25, 0.3) is 5.91 Å². The minimum Gasteiger partial charge on any atom is -0.466 e. The van der Waals surface area contributed by atoms with E-state index < -0.39 is 0 Å². The molecule has 1 saturated heterocycles. The molecule has 3 rings (SSSR count). The van der Waals surface area contributed by atoms with Crippen molar-refractivity contribution < 1.29 is 14.3 Å². The van der Waals surface area contributed by atoms with Gasteiger partial charge in [-0.1, -0.05) is 12.1 Å². The first-order valence-electron chi connectivity index (χ1n) is 9.54. The molecular formula is C21H27N3O3. The Hall–Kier alpha value is -2.63. The highest BCUT2D eigenvalue weighted by molar-refractivity contribution is 5.94. The van der Waals surface area contributed by atoms with Crippen LogP contribution in [0.15, 0.2) is 30.3 Å². The maximum absolute atomic E-state index is 12.9. The zero-order valence-corrected chi connectivity index (χ0v) is 16.3. The Morgan fingerprint density at radius 1 is 1.19 bits per heavy atom. The molecule has 6 heteroatoms. The fraction of sp³-hybridized carbons (Fsp3) is 0.476. The van der Waals surface area contributed by atoms with Crippen LogP contribution in [0.4, 0.5) is 0 Å². The molecule has 0 saturated carbocycles. The lowest BCUT2D eigenvalue weighted by Crippen LogP contribution is -2.40. The van der Waals surface area contributed by atoms with Crippen LogP contribution in [-0.2, 0) is 16.1 Å². The molecule has 2 aromatic rings. The van der Waals surface area contributed by atoms with E-state index in [1.54, 1.807) is 0 Å². The van der Waals surface area contributed by atoms with Crippen LogP contribution >= 0.6 is 0 Å². The van der Waals surface area contributed by atoms with Crippen molar-refractivity contribution in [3.05, 3.63) is 52.8 Å². The van der Waals surface area contributed by atoms with Crippen molar-refractivity contribution in [1.82, 2.24) is 14.7 Å². The lowest BCUT2D eigenvalue weighted by atomic mass is 9.96. The molecule has 1 fully saturated rings. The van der Waals surface area contributed by atoms with E-state index in [1.165, 1.54) is 0 Å². The summed E-state index contributed by atoms with van der Waals surface area (Å²) in [7, 11) is 0. The van der Waals surface area contributed by atoms with Gasteiger partial charge in [0.2, 0.25) is 0 Å². The number of rotatable bonds is 5. The molecule has 2 heterocycles. The number of piperidine rings is 1. The number of hydrogen-bond donors (Lipinski definition) is 0. The molecular weight excluding hydrogens is 342 g/mol. The van der Waals surface area contributed by atoms with E-state index in [2.05, 4.69) is 5.10 Å². The van der Waals surface area contributed by atoms with Gasteiger partial charge >= 0.3 is 5.97 Å². The lowest BCUT2D eigenvalue weighted by molar-refractivity contribution is -0.149. The van der Waals surface area contributed by atoms with Gasteiger partial charge in [0.15, 0.2) is 0 Å². The third-order valence-electron chi connectivity index (χ3n) is 5.01. The Labute approximate surface area is 160 Å². The smallest absolute Gasteiger partial charge is 0.309 e. The zero-order valence-electron chi connectivity index (χ0n) is 16.3. The number of esters is 1. The van der Waals surface area contributed by atoms with E-state index in [0.29, 0.717) is 44.6 Å². The summed E-state index contributed by atoms with van der Waals surface area (Å²) in [6, 6.07) is 9.77. The van der Waals surface area contributed by atoms with Crippen LogP contribution < -0.4 is 0 Å². The predicted octanol–water partition coefficient (Wildman–Crippen LogP) is 2.96. The van der Waals surface area contributed by atoms with Gasteiger partial charge in [-0.25, -0.2) is 0 Å². The minimum atomic E-state index is -0.142. The third kappa shape index (κ3) is 4.56. The minimum absolute atomic E-state index is 0.0209. The Kier molecular flexibility index (Phi) is 5.94. The van der Waals surface area contributed by atoms with Crippen molar-refractivity contribution >= 4 is 11.9 Å². The maximum atomic E-state index is 12.9. The number of likely N-dealkylation sites (tertiary alicyclic amines) is 1. The number of benzene rings is 1. The Morgan fingerprint density at radius 2 is 1.93 bits per heavy atom. The molecule has 1 aliphatic heterocycles. The summed E-state index contributed by atoms with van der Waals surface area (Å²) in [6.07, 6.45) is 1.33. The van der Waals surface area contributed by atoms with Gasteiger partial charge in [0.1, 0.15) is 0 Å². The van der Waals surface area contributed by atoms with Gasteiger partial charge < -0.3 is 9.64 Å². The fourth-order valence-corrected chi connectivity index (χ4v) is 3.57. The highest BCUT2D eigenvalue weighted by atomic mass is 16.5. The monoisotopic (exact) mass is 369 g/mol. The van der Waals surface area contributed by atoms with Crippen molar-refractivity contribution in [2.24, 2.45) is 5.92 Å². The average Bonchev–Trinajstić information content (AvgIpc) is 2.98. The molecule has 0 spiro atoms. The SMILES string of the molecule is CCOC(=O)C1CCN(C(=O)c2cccc(Cn3nc(C)cc3C)c2)CC1. The molecule has 0 N–H and O–H groups in total. The van der Waals surface area contributed by atoms with Gasteiger partial charge in [-0.2, -0.15) is 5.10 Å². The second kappa shape index (κ2) is 8.37. The first-order chi connectivity index (χ1) is 13.0. The summed E-state index contributed by atoms with van der Waals surface area (Å²) < 4.78 is 7.04. The van der Waals surface area contributed by atoms with Crippen molar-refractivity contribution in [3.8, 4) is 0 Å². The lowest BCUT2D eigenvalue weighted by Gasteiger charge is -2.31. The van der Waals surface area contributed by atoms with Crippen molar-refractivity contribution in [2.75, 3.05) is 19.7 Å². The molecule has 0 unspecified atom stereocenters. The van der Waals surface area contributed by atoms with Crippen LogP contribution in [0.3, 0.4) is 0 Å². The summed E-state index contributed by atoms with van der Waals surface area (Å²) in [5.74, 6) is -0.213. The summed E-state index contributed by atoms with van der Waals surface area (Å²) in [6.45, 7) is 8.04. The van der Waals surface area contributed by atoms with Gasteiger partial charge in [-0.15, -0.1) is 0 Å². The zero-order chi connectivity index (χ0) is 19.4. The predicted molar refractivity (Wildman–Crippen MR) is 103 cm³/mol. The number of hydrogen-bond acceptors (Lipinski definition) is 4. The Balaban J connectivity index is 1.64. The second-order valence-corrected chi connectivity index (χ2v) is 7.10. The number of aromatic nitrogens is 2. The van der Waals surface area contributed by atoms with Crippen LogP contribution in [-0.4, -0.2) is 46.3 Å². The molecule has 0 atom stereocenters. The largest absolute Gasteiger partial charge is 0.466 e. The third-order valence-corrected chi connectivity index (χ3v) is 5.01. The molecule has 27 heavy (non-hydrogen) atoms. The average molecular weight is 369 g/mol. The van der Waals surface area contributed by atoms with Crippen LogP contribution in [0.1, 0.15) is 47.1 Å². The van der Waals surface area contributed by atoms with Gasteiger partial charge in [-0.05, 0) is 57.4 Å². The quantitative estimate of drug-likeness (QED) is 0.760. The van der Waals surface area contributed by atoms with E-state index in [1.807, 2.05) is 60.7 Å². The Morgan fingerprint density at radius 3 is 2.56 bits per heavy atom. The number of ether oxygens (including phenoxy) is 1. The molecule has 1 aliphatic rings. The molecule has 0 aliphatic carbocycles. The molecule has 1 amide bonds. The van der Waals surface area contributed by atoms with E-state index in [-0.39, 0.29) is 17.8 Å². The highest BCUT2D eigenvalue weighted by Gasteiger charge is 2.28. The van der Waals surface area contributed by atoms with E-state index >= 15 is 0 Å². The van der Waals surface area contributed by atoms with Gasteiger partial charge in [0, 0.05) is 24.3 Å². The maximum Gasteiger partial charge on any atom is 0.309 e. The number of nitrogens with zero attached hydrogens (tertiary/aromatic N) is 3. The first kappa shape index (κ1) is 19.1. The van der Waals surface area contributed by atoms with Crippen LogP contribution in [0, 0.1) is 19.8 Å². The molecule has 1 aromatic carbocycles. The normalized spacial score (nSPS) is 15.0. The standard InChI is InChI=1S/C21H27N3O3/c1-4-27-21(26)18-8-10-23(11-9-18)20(25)19-7-5-6-17(13-19)14-24-16(3)12-15(2)22-24/h5-7,12-13,18H,4,8-11,14H2,1-3H3. The molecule has 6 nitrogen and oxygen atoms in total. The summed E-state index contributed by atoms with van der Waals surface area (Å²) in [5, 5.41) is 4.49. The second-order valence-electron chi connectivity index (χ2n) is 7.10. The number of carbonyl (C=O) groups excluding carboxylic acids is 2. The summed E-state index contributed by atoms with van der Waals surface area (Å²) >= 11 is 0. The van der Waals surface area contributed by atoms with E-state index in [9.17, 15) is 9.59 Å².